The molecular weight excluding hydrogens is 234 g/mol. The Hall–Kier alpha value is -0.830. The Bertz CT molecular complexity index is 388. The Morgan fingerprint density at radius 2 is 2.12 bits per heavy atom. The molecule has 17 heavy (non-hydrogen) atoms. The van der Waals surface area contributed by atoms with Gasteiger partial charge in [-0.3, -0.25) is 0 Å². The van der Waals surface area contributed by atoms with Crippen LogP contribution >= 0.6 is 11.6 Å². The zero-order chi connectivity index (χ0) is 12.4. The first-order valence-electron chi connectivity index (χ1n) is 6.28. The molecule has 0 radical (unpaired) electrons. The topological polar surface area (TPSA) is 29.0 Å². The number of anilines is 1. The molecule has 1 saturated carbocycles. The Morgan fingerprint density at radius 1 is 1.41 bits per heavy atom. The van der Waals surface area contributed by atoms with E-state index in [4.69, 9.17) is 11.6 Å². The van der Waals surface area contributed by atoms with E-state index in [2.05, 4.69) is 34.9 Å². The van der Waals surface area contributed by atoms with E-state index >= 15 is 0 Å². The van der Waals surface area contributed by atoms with Crippen molar-refractivity contribution in [2.24, 2.45) is 5.92 Å². The van der Waals surface area contributed by atoms with Crippen molar-refractivity contribution in [3.05, 3.63) is 17.6 Å². The summed E-state index contributed by atoms with van der Waals surface area (Å²) in [5.41, 5.74) is 1.11. The number of hydrogen-bond donors (Lipinski definition) is 0. The zero-order valence-corrected chi connectivity index (χ0v) is 11.5. The minimum absolute atomic E-state index is 0.395. The van der Waals surface area contributed by atoms with Gasteiger partial charge in [-0.2, -0.15) is 0 Å². The van der Waals surface area contributed by atoms with Gasteiger partial charge in [0.2, 0.25) is 0 Å². The molecule has 1 aliphatic carbocycles. The van der Waals surface area contributed by atoms with Gasteiger partial charge in [0.05, 0.1) is 0 Å². The summed E-state index contributed by atoms with van der Waals surface area (Å²) in [4.78, 5) is 11.1. The van der Waals surface area contributed by atoms with Crippen LogP contribution in [0.25, 0.3) is 0 Å². The highest BCUT2D eigenvalue weighted by Gasteiger charge is 2.28. The van der Waals surface area contributed by atoms with Crippen molar-refractivity contribution in [3.63, 3.8) is 0 Å². The fraction of sp³-hybridized carbons (Fsp3) is 0.692. The fourth-order valence-corrected chi connectivity index (χ4v) is 2.78. The minimum atomic E-state index is 0.395. The summed E-state index contributed by atoms with van der Waals surface area (Å²) in [7, 11) is 2.10. The largest absolute Gasteiger partial charge is 0.359 e. The molecule has 0 atom stereocenters. The Morgan fingerprint density at radius 3 is 2.71 bits per heavy atom. The first-order valence-corrected chi connectivity index (χ1v) is 6.72. The van der Waals surface area contributed by atoms with E-state index in [-0.39, 0.29) is 0 Å². The van der Waals surface area contributed by atoms with Gasteiger partial charge in [0.25, 0.3) is 0 Å². The lowest BCUT2D eigenvalue weighted by molar-refractivity contribution is 0.328. The number of aromatic nitrogens is 2. The Labute approximate surface area is 108 Å². The van der Waals surface area contributed by atoms with Gasteiger partial charge in [0, 0.05) is 30.7 Å². The van der Waals surface area contributed by atoms with Gasteiger partial charge >= 0.3 is 0 Å². The monoisotopic (exact) mass is 253 g/mol. The van der Waals surface area contributed by atoms with Crippen LogP contribution in [0.2, 0.25) is 0 Å². The fourth-order valence-electron chi connectivity index (χ4n) is 2.27. The lowest BCUT2D eigenvalue weighted by atomic mass is 9.84. The molecule has 0 spiro atoms. The van der Waals surface area contributed by atoms with Crippen LogP contribution in [-0.4, -0.2) is 28.9 Å². The quantitative estimate of drug-likeness (QED) is 0.773. The second-order valence-electron chi connectivity index (χ2n) is 4.93. The van der Waals surface area contributed by atoms with Gasteiger partial charge < -0.3 is 4.90 Å². The smallest absolute Gasteiger partial charge is 0.132 e. The zero-order valence-electron chi connectivity index (χ0n) is 10.8. The average molecular weight is 254 g/mol. The molecule has 1 heterocycles. The minimum Gasteiger partial charge on any atom is -0.359 e. The summed E-state index contributed by atoms with van der Waals surface area (Å²) < 4.78 is 0. The summed E-state index contributed by atoms with van der Waals surface area (Å²) in [5.74, 6) is 2.62. The van der Waals surface area contributed by atoms with Gasteiger partial charge in [0.15, 0.2) is 0 Å². The van der Waals surface area contributed by atoms with E-state index < -0.39 is 0 Å². The van der Waals surface area contributed by atoms with Crippen molar-refractivity contribution < 1.29 is 0 Å². The van der Waals surface area contributed by atoms with Crippen molar-refractivity contribution in [1.29, 1.82) is 0 Å². The first kappa shape index (κ1) is 12.6. The predicted octanol–water partition coefficient (Wildman–Crippen LogP) is 2.80. The van der Waals surface area contributed by atoms with Crippen LogP contribution in [0.1, 0.15) is 31.3 Å². The van der Waals surface area contributed by atoms with Crippen LogP contribution in [0.5, 0.6) is 0 Å². The first-order chi connectivity index (χ1) is 8.08. The summed E-state index contributed by atoms with van der Waals surface area (Å²) in [6, 6.07) is 2.09. The molecule has 0 unspecified atom stereocenters. The standard InChI is InChI=1S/C13H20ClN3/c1-4-12-7-13(16-9(2)15-12)17(3)8-10-5-11(14)6-10/h7,10-11H,4-6,8H2,1-3H3. The third-order valence-electron chi connectivity index (χ3n) is 3.34. The van der Waals surface area contributed by atoms with Crippen molar-refractivity contribution in [1.82, 2.24) is 9.97 Å². The van der Waals surface area contributed by atoms with E-state index in [0.717, 1.165) is 49.1 Å². The molecule has 0 aliphatic heterocycles. The molecule has 0 bridgehead atoms. The molecule has 1 fully saturated rings. The Kier molecular flexibility index (Phi) is 3.87. The molecule has 1 aromatic rings. The van der Waals surface area contributed by atoms with Gasteiger partial charge in [-0.1, -0.05) is 6.92 Å². The molecule has 94 valence electrons. The van der Waals surface area contributed by atoms with Crippen LogP contribution in [0.15, 0.2) is 6.07 Å². The lowest BCUT2D eigenvalue weighted by Crippen LogP contribution is -2.35. The number of nitrogens with zero attached hydrogens (tertiary/aromatic N) is 3. The maximum atomic E-state index is 6.00. The summed E-state index contributed by atoms with van der Waals surface area (Å²) in [5, 5.41) is 0.395. The highest BCUT2D eigenvalue weighted by molar-refractivity contribution is 6.21. The molecule has 1 aromatic heterocycles. The van der Waals surface area contributed by atoms with Gasteiger partial charge in [-0.05, 0) is 32.1 Å². The van der Waals surface area contributed by atoms with Crippen LogP contribution in [-0.2, 0) is 6.42 Å². The maximum Gasteiger partial charge on any atom is 0.132 e. The molecule has 4 heteroatoms. The van der Waals surface area contributed by atoms with Crippen LogP contribution in [0.4, 0.5) is 5.82 Å². The number of aryl methyl sites for hydroxylation is 2. The van der Waals surface area contributed by atoms with E-state index in [1.165, 1.54) is 0 Å². The van der Waals surface area contributed by atoms with E-state index in [1.807, 2.05) is 6.92 Å². The highest BCUT2D eigenvalue weighted by Crippen LogP contribution is 2.32. The average Bonchev–Trinajstić information content (AvgIpc) is 2.26. The number of halogens is 1. The van der Waals surface area contributed by atoms with Crippen LogP contribution < -0.4 is 4.90 Å². The van der Waals surface area contributed by atoms with E-state index in [1.54, 1.807) is 0 Å². The molecular formula is C13H20ClN3. The summed E-state index contributed by atoms with van der Waals surface area (Å²) >= 11 is 6.00. The van der Waals surface area contributed by atoms with Gasteiger partial charge in [-0.15, -0.1) is 11.6 Å². The van der Waals surface area contributed by atoms with Crippen LogP contribution in [0.3, 0.4) is 0 Å². The van der Waals surface area contributed by atoms with Crippen molar-refractivity contribution >= 4 is 17.4 Å². The molecule has 0 saturated heterocycles. The number of alkyl halides is 1. The maximum absolute atomic E-state index is 6.00. The lowest BCUT2D eigenvalue weighted by Gasteiger charge is -2.34. The van der Waals surface area contributed by atoms with Crippen molar-refractivity contribution in [3.8, 4) is 0 Å². The molecule has 0 aromatic carbocycles. The summed E-state index contributed by atoms with van der Waals surface area (Å²) in [6.45, 7) is 5.12. The predicted molar refractivity (Wildman–Crippen MR) is 71.8 cm³/mol. The molecule has 2 rings (SSSR count). The second kappa shape index (κ2) is 5.21. The molecule has 1 aliphatic rings. The number of hydrogen-bond acceptors (Lipinski definition) is 3. The summed E-state index contributed by atoms with van der Waals surface area (Å²) in [6.07, 6.45) is 3.23. The normalized spacial score (nSPS) is 23.3. The SMILES string of the molecule is CCc1cc(N(C)CC2CC(Cl)C2)nc(C)n1. The van der Waals surface area contributed by atoms with Crippen molar-refractivity contribution in [2.45, 2.75) is 38.5 Å². The highest BCUT2D eigenvalue weighted by atomic mass is 35.5. The molecule has 0 amide bonds. The second-order valence-corrected chi connectivity index (χ2v) is 5.55. The van der Waals surface area contributed by atoms with E-state index in [9.17, 15) is 0 Å². The van der Waals surface area contributed by atoms with E-state index in [0.29, 0.717) is 5.38 Å². The van der Waals surface area contributed by atoms with Crippen LogP contribution in [0, 0.1) is 12.8 Å². The molecule has 0 N–H and O–H groups in total. The van der Waals surface area contributed by atoms with Crippen molar-refractivity contribution in [2.75, 3.05) is 18.5 Å². The third kappa shape index (κ3) is 3.09. The Balaban J connectivity index is 2.02. The molecule has 3 nitrogen and oxygen atoms in total. The van der Waals surface area contributed by atoms with Gasteiger partial charge in [-0.25, -0.2) is 9.97 Å². The third-order valence-corrected chi connectivity index (χ3v) is 3.70. The van der Waals surface area contributed by atoms with Gasteiger partial charge in [0.1, 0.15) is 11.6 Å². The number of rotatable bonds is 4.